The van der Waals surface area contributed by atoms with E-state index in [-0.39, 0.29) is 12.5 Å². The van der Waals surface area contributed by atoms with Gasteiger partial charge in [0.1, 0.15) is 5.75 Å². The molecule has 0 radical (unpaired) electrons. The zero-order valence-corrected chi connectivity index (χ0v) is 12.2. The second kappa shape index (κ2) is 5.97. The molecular formula is C13H13BrN2O3. The number of rotatable bonds is 5. The maximum atomic E-state index is 10.9. The fraction of sp³-hybridized carbons (Fsp3) is 0.308. The highest BCUT2D eigenvalue weighted by Gasteiger charge is 2.12. The maximum Gasteiger partial charge on any atom is 0.229 e. The van der Waals surface area contributed by atoms with Crippen LogP contribution in [0, 0.1) is 0 Å². The third-order valence-electron chi connectivity index (χ3n) is 2.45. The van der Waals surface area contributed by atoms with E-state index in [4.69, 9.17) is 9.26 Å². The van der Waals surface area contributed by atoms with Crippen molar-refractivity contribution in [3.8, 4) is 5.75 Å². The minimum absolute atomic E-state index is 0.152. The van der Waals surface area contributed by atoms with Gasteiger partial charge in [0.05, 0.1) is 10.0 Å². The highest BCUT2D eigenvalue weighted by molar-refractivity contribution is 9.10. The van der Waals surface area contributed by atoms with E-state index in [2.05, 4.69) is 26.1 Å². The number of aromatic nitrogens is 2. The quantitative estimate of drug-likeness (QED) is 0.789. The number of para-hydroxylation sites is 1. The molecule has 0 spiro atoms. The van der Waals surface area contributed by atoms with E-state index in [0.29, 0.717) is 27.5 Å². The predicted molar refractivity (Wildman–Crippen MR) is 72.2 cm³/mol. The van der Waals surface area contributed by atoms with E-state index >= 15 is 0 Å². The number of hydrogen-bond acceptors (Lipinski definition) is 5. The lowest BCUT2D eigenvalue weighted by Gasteiger charge is -2.07. The van der Waals surface area contributed by atoms with Crippen molar-refractivity contribution in [2.45, 2.75) is 26.4 Å². The molecule has 6 heteroatoms. The van der Waals surface area contributed by atoms with E-state index in [1.165, 1.54) is 0 Å². The first-order chi connectivity index (χ1) is 9.11. The van der Waals surface area contributed by atoms with Crippen molar-refractivity contribution in [3.63, 3.8) is 0 Å². The van der Waals surface area contributed by atoms with Crippen LogP contribution in [0.25, 0.3) is 0 Å². The Labute approximate surface area is 119 Å². The summed E-state index contributed by atoms with van der Waals surface area (Å²) in [4.78, 5) is 15.1. The molecule has 0 fully saturated rings. The van der Waals surface area contributed by atoms with E-state index < -0.39 is 0 Å². The first-order valence-corrected chi connectivity index (χ1v) is 6.60. The van der Waals surface area contributed by atoms with Crippen LogP contribution in [0.1, 0.15) is 41.8 Å². The van der Waals surface area contributed by atoms with Crippen LogP contribution in [0.2, 0.25) is 0 Å². The van der Waals surface area contributed by atoms with E-state index in [0.717, 1.165) is 6.29 Å². The lowest BCUT2D eigenvalue weighted by molar-refractivity contribution is 0.111. The van der Waals surface area contributed by atoms with Gasteiger partial charge >= 0.3 is 0 Å². The van der Waals surface area contributed by atoms with Gasteiger partial charge in [0.25, 0.3) is 0 Å². The lowest BCUT2D eigenvalue weighted by Crippen LogP contribution is -2.01. The minimum atomic E-state index is 0.152. The zero-order valence-electron chi connectivity index (χ0n) is 10.6. The zero-order chi connectivity index (χ0) is 13.8. The Morgan fingerprint density at radius 2 is 2.26 bits per heavy atom. The number of hydrogen-bond donors (Lipinski definition) is 0. The molecule has 0 saturated carbocycles. The van der Waals surface area contributed by atoms with Crippen LogP contribution < -0.4 is 4.74 Å². The van der Waals surface area contributed by atoms with Gasteiger partial charge in [0, 0.05) is 5.92 Å². The molecule has 0 aliphatic heterocycles. The van der Waals surface area contributed by atoms with Gasteiger partial charge in [-0.2, -0.15) is 4.98 Å². The number of nitrogens with zero attached hydrogens (tertiary/aromatic N) is 2. The molecule has 0 aliphatic rings. The van der Waals surface area contributed by atoms with Crippen LogP contribution in [-0.4, -0.2) is 16.4 Å². The van der Waals surface area contributed by atoms with Crippen LogP contribution in [0.5, 0.6) is 5.75 Å². The molecule has 0 saturated heterocycles. The summed E-state index contributed by atoms with van der Waals surface area (Å²) in [5, 5.41) is 3.82. The van der Waals surface area contributed by atoms with Gasteiger partial charge in [0.2, 0.25) is 11.7 Å². The number of ether oxygens (including phenoxy) is 1. The normalized spacial score (nSPS) is 10.7. The molecule has 0 unspecified atom stereocenters. The Morgan fingerprint density at radius 3 is 2.89 bits per heavy atom. The summed E-state index contributed by atoms with van der Waals surface area (Å²) in [6, 6.07) is 5.26. The summed E-state index contributed by atoms with van der Waals surface area (Å²) < 4.78 is 11.4. The Kier molecular flexibility index (Phi) is 4.31. The van der Waals surface area contributed by atoms with Gasteiger partial charge in [-0.05, 0) is 28.1 Å². The smallest absolute Gasteiger partial charge is 0.229 e. The summed E-state index contributed by atoms with van der Waals surface area (Å²) >= 11 is 3.34. The van der Waals surface area contributed by atoms with E-state index in [1.54, 1.807) is 18.2 Å². The van der Waals surface area contributed by atoms with Crippen LogP contribution in [0.3, 0.4) is 0 Å². The molecule has 1 aromatic heterocycles. The molecule has 0 atom stereocenters. The summed E-state index contributed by atoms with van der Waals surface area (Å²) in [6.45, 7) is 4.09. The van der Waals surface area contributed by atoms with E-state index in [9.17, 15) is 4.79 Å². The van der Waals surface area contributed by atoms with Crippen molar-refractivity contribution >= 4 is 22.2 Å². The van der Waals surface area contributed by atoms with Crippen LogP contribution in [0.4, 0.5) is 0 Å². The van der Waals surface area contributed by atoms with Crippen LogP contribution in [-0.2, 0) is 6.61 Å². The molecule has 1 aromatic carbocycles. The fourth-order valence-corrected chi connectivity index (χ4v) is 1.96. The Balaban J connectivity index is 2.12. The average molecular weight is 325 g/mol. The Morgan fingerprint density at radius 1 is 1.47 bits per heavy atom. The minimum Gasteiger partial charge on any atom is -0.484 e. The molecule has 100 valence electrons. The van der Waals surface area contributed by atoms with Crippen molar-refractivity contribution in [2.75, 3.05) is 0 Å². The van der Waals surface area contributed by atoms with Gasteiger partial charge in [-0.3, -0.25) is 4.79 Å². The molecule has 19 heavy (non-hydrogen) atoms. The molecule has 0 aliphatic carbocycles. The summed E-state index contributed by atoms with van der Waals surface area (Å²) in [6.07, 6.45) is 0.746. The summed E-state index contributed by atoms with van der Waals surface area (Å²) in [5.41, 5.74) is 0.474. The van der Waals surface area contributed by atoms with Crippen LogP contribution >= 0.6 is 15.9 Å². The molecule has 0 N–H and O–H groups in total. The SMILES string of the molecule is CC(C)c1nc(COc2c(Br)cccc2C=O)no1. The highest BCUT2D eigenvalue weighted by Crippen LogP contribution is 2.28. The predicted octanol–water partition coefficient (Wildman–Crippen LogP) is 3.35. The van der Waals surface area contributed by atoms with Gasteiger partial charge in [0.15, 0.2) is 12.9 Å². The molecule has 0 bridgehead atoms. The third-order valence-corrected chi connectivity index (χ3v) is 3.07. The average Bonchev–Trinajstić information content (AvgIpc) is 2.86. The topological polar surface area (TPSA) is 65.2 Å². The number of benzene rings is 1. The lowest BCUT2D eigenvalue weighted by atomic mass is 10.2. The van der Waals surface area contributed by atoms with Crippen molar-refractivity contribution in [1.29, 1.82) is 0 Å². The van der Waals surface area contributed by atoms with Gasteiger partial charge in [-0.25, -0.2) is 0 Å². The largest absolute Gasteiger partial charge is 0.484 e. The maximum absolute atomic E-state index is 10.9. The highest BCUT2D eigenvalue weighted by atomic mass is 79.9. The summed E-state index contributed by atoms with van der Waals surface area (Å²) in [7, 11) is 0. The number of carbonyl (C=O) groups excluding carboxylic acids is 1. The van der Waals surface area contributed by atoms with Crippen molar-refractivity contribution < 1.29 is 14.1 Å². The molecule has 0 amide bonds. The van der Waals surface area contributed by atoms with Crippen molar-refractivity contribution in [1.82, 2.24) is 10.1 Å². The first-order valence-electron chi connectivity index (χ1n) is 5.80. The van der Waals surface area contributed by atoms with Gasteiger partial charge in [-0.1, -0.05) is 25.1 Å². The fourth-order valence-electron chi connectivity index (χ4n) is 1.47. The Hall–Kier alpha value is -1.69. The third kappa shape index (κ3) is 3.20. The molecular weight excluding hydrogens is 312 g/mol. The van der Waals surface area contributed by atoms with Crippen molar-refractivity contribution in [3.05, 3.63) is 40.0 Å². The molecule has 1 heterocycles. The van der Waals surface area contributed by atoms with Crippen LogP contribution in [0.15, 0.2) is 27.2 Å². The monoisotopic (exact) mass is 324 g/mol. The number of halogens is 1. The second-order valence-corrected chi connectivity index (χ2v) is 5.12. The Bertz CT molecular complexity index is 581. The molecule has 5 nitrogen and oxygen atoms in total. The second-order valence-electron chi connectivity index (χ2n) is 4.27. The summed E-state index contributed by atoms with van der Waals surface area (Å²) in [5.74, 6) is 1.68. The van der Waals surface area contributed by atoms with E-state index in [1.807, 2.05) is 13.8 Å². The molecule has 2 rings (SSSR count). The van der Waals surface area contributed by atoms with Gasteiger partial charge in [-0.15, -0.1) is 0 Å². The molecule has 2 aromatic rings. The standard InChI is InChI=1S/C13H13BrN2O3/c1-8(2)13-15-11(16-19-13)7-18-12-9(6-17)4-3-5-10(12)14/h3-6,8H,7H2,1-2H3. The number of carbonyl (C=O) groups is 1. The van der Waals surface area contributed by atoms with Crippen molar-refractivity contribution in [2.24, 2.45) is 0 Å². The first kappa shape index (κ1) is 13.7. The van der Waals surface area contributed by atoms with Gasteiger partial charge < -0.3 is 9.26 Å². The number of aldehydes is 1.